The van der Waals surface area contributed by atoms with Gasteiger partial charge >= 0.3 is 0 Å². The van der Waals surface area contributed by atoms with E-state index in [1.807, 2.05) is 0 Å². The Labute approximate surface area is 149 Å². The maximum absolute atomic E-state index is 11.6. The second-order valence-corrected chi connectivity index (χ2v) is 7.46. The molecule has 2 rings (SSSR count). The molecule has 0 unspecified atom stereocenters. The molecule has 142 valence electrons. The zero-order valence-electron chi connectivity index (χ0n) is 15.5. The highest BCUT2D eigenvalue weighted by molar-refractivity contribution is 5.75. The molecule has 0 spiro atoms. The lowest BCUT2D eigenvalue weighted by atomic mass is 9.84. The molecular weight excluding hydrogens is 320 g/mol. The van der Waals surface area contributed by atoms with Crippen LogP contribution in [0.5, 0.6) is 0 Å². The number of amides is 1. The average molecular weight is 352 g/mol. The molecule has 0 saturated heterocycles. The number of aromatic nitrogens is 2. The summed E-state index contributed by atoms with van der Waals surface area (Å²) in [5.41, 5.74) is 1.71. The van der Waals surface area contributed by atoms with E-state index in [1.165, 1.54) is 38.5 Å². The third-order valence-electron chi connectivity index (χ3n) is 4.95. The van der Waals surface area contributed by atoms with Crippen LogP contribution in [0.25, 0.3) is 0 Å². The fraction of sp³-hybridized carbons (Fsp3) is 0.833. The molecule has 1 amide bonds. The zero-order chi connectivity index (χ0) is 18.1. The van der Waals surface area contributed by atoms with E-state index >= 15 is 0 Å². The summed E-state index contributed by atoms with van der Waals surface area (Å²) in [6, 6.07) is 0.341. The summed E-state index contributed by atoms with van der Waals surface area (Å²) in [6.07, 6.45) is 9.92. The van der Waals surface area contributed by atoms with E-state index in [-0.39, 0.29) is 12.3 Å². The normalized spacial score (nSPS) is 17.0. The van der Waals surface area contributed by atoms with Crippen molar-refractivity contribution in [3.8, 4) is 0 Å². The van der Waals surface area contributed by atoms with Crippen molar-refractivity contribution in [3.05, 3.63) is 11.7 Å². The third kappa shape index (κ3) is 7.12. The Morgan fingerprint density at radius 3 is 2.76 bits per heavy atom. The Morgan fingerprint density at radius 1 is 1.32 bits per heavy atom. The first-order valence-corrected chi connectivity index (χ1v) is 9.57. The van der Waals surface area contributed by atoms with Crippen LogP contribution in [0.3, 0.4) is 0 Å². The van der Waals surface area contributed by atoms with E-state index in [9.17, 15) is 4.79 Å². The van der Waals surface area contributed by atoms with Crippen LogP contribution < -0.4 is 10.8 Å². The highest BCUT2D eigenvalue weighted by atomic mass is 16.5. The number of hydrogen-bond donors (Lipinski definition) is 3. The van der Waals surface area contributed by atoms with Crippen molar-refractivity contribution in [1.29, 1.82) is 0 Å². The van der Waals surface area contributed by atoms with Gasteiger partial charge in [-0.3, -0.25) is 10.0 Å². The number of carbonyl (C=O) groups is 1. The average Bonchev–Trinajstić information content (AvgIpc) is 3.08. The van der Waals surface area contributed by atoms with Crippen molar-refractivity contribution in [2.45, 2.75) is 90.1 Å². The van der Waals surface area contributed by atoms with Crippen molar-refractivity contribution in [2.24, 2.45) is 5.92 Å². The maximum atomic E-state index is 11.6. The summed E-state index contributed by atoms with van der Waals surface area (Å²) in [7, 11) is 0. The van der Waals surface area contributed by atoms with Crippen LogP contribution >= 0.6 is 0 Å². The van der Waals surface area contributed by atoms with E-state index < -0.39 is 5.91 Å². The standard InChI is InChI=1S/C18H32N4O3/c1-13(2)19-12-16-20-18(25-22-16)15(11-17(23)21-24)10-6-9-14-7-4-3-5-8-14/h13-15,19,24H,3-12H2,1-2H3,(H,21,23)/t15-/m0/s1. The molecule has 25 heavy (non-hydrogen) atoms. The van der Waals surface area contributed by atoms with E-state index in [0.717, 1.165) is 18.8 Å². The Hall–Kier alpha value is -1.47. The molecule has 1 fully saturated rings. The van der Waals surface area contributed by atoms with E-state index in [2.05, 4.69) is 29.3 Å². The van der Waals surface area contributed by atoms with Crippen LogP contribution in [0.4, 0.5) is 0 Å². The van der Waals surface area contributed by atoms with Crippen LogP contribution in [0.15, 0.2) is 4.52 Å². The lowest BCUT2D eigenvalue weighted by Gasteiger charge is -2.22. The number of hydroxylamine groups is 1. The third-order valence-corrected chi connectivity index (χ3v) is 4.95. The Bertz CT molecular complexity index is 512. The first-order chi connectivity index (χ1) is 12.1. The minimum Gasteiger partial charge on any atom is -0.339 e. The smallest absolute Gasteiger partial charge is 0.244 e. The van der Waals surface area contributed by atoms with Crippen LogP contribution in [-0.4, -0.2) is 27.3 Å². The summed E-state index contributed by atoms with van der Waals surface area (Å²) >= 11 is 0. The molecule has 7 heteroatoms. The number of hydrogen-bond acceptors (Lipinski definition) is 6. The van der Waals surface area contributed by atoms with Crippen molar-refractivity contribution in [2.75, 3.05) is 0 Å². The maximum Gasteiger partial charge on any atom is 0.244 e. The fourth-order valence-corrected chi connectivity index (χ4v) is 3.51. The molecule has 1 aliphatic rings. The minimum absolute atomic E-state index is 0.143. The summed E-state index contributed by atoms with van der Waals surface area (Å²) in [4.78, 5) is 16.1. The first-order valence-electron chi connectivity index (χ1n) is 9.57. The topological polar surface area (TPSA) is 100 Å². The van der Waals surface area contributed by atoms with Crippen molar-refractivity contribution in [3.63, 3.8) is 0 Å². The predicted octanol–water partition coefficient (Wildman–Crippen LogP) is 3.30. The van der Waals surface area contributed by atoms with Gasteiger partial charge in [0.2, 0.25) is 11.8 Å². The Kier molecular flexibility index (Phi) is 8.34. The van der Waals surface area contributed by atoms with Crippen LogP contribution in [0.2, 0.25) is 0 Å². The number of nitrogens with one attached hydrogen (secondary N) is 2. The molecule has 1 saturated carbocycles. The molecule has 3 N–H and O–H groups in total. The fourth-order valence-electron chi connectivity index (χ4n) is 3.51. The molecule has 0 radical (unpaired) electrons. The van der Waals surface area contributed by atoms with Gasteiger partial charge in [-0.2, -0.15) is 4.98 Å². The second kappa shape index (κ2) is 10.5. The quantitative estimate of drug-likeness (QED) is 0.441. The minimum atomic E-state index is -0.414. The molecule has 1 heterocycles. The van der Waals surface area contributed by atoms with Gasteiger partial charge in [-0.1, -0.05) is 63.9 Å². The second-order valence-electron chi connectivity index (χ2n) is 7.46. The summed E-state index contributed by atoms with van der Waals surface area (Å²) in [6.45, 7) is 4.66. The van der Waals surface area contributed by atoms with Gasteiger partial charge in [0.05, 0.1) is 6.54 Å². The lowest BCUT2D eigenvalue weighted by molar-refractivity contribution is -0.129. The van der Waals surface area contributed by atoms with Gasteiger partial charge < -0.3 is 9.84 Å². The van der Waals surface area contributed by atoms with E-state index in [4.69, 9.17) is 9.73 Å². The van der Waals surface area contributed by atoms with Gasteiger partial charge in [0, 0.05) is 18.4 Å². The molecule has 0 aliphatic heterocycles. The summed E-state index contributed by atoms with van der Waals surface area (Å²) < 4.78 is 5.38. The van der Waals surface area contributed by atoms with Gasteiger partial charge in [0.25, 0.3) is 0 Å². The number of carbonyl (C=O) groups excluding carboxylic acids is 1. The molecular formula is C18H32N4O3. The monoisotopic (exact) mass is 352 g/mol. The van der Waals surface area contributed by atoms with Gasteiger partial charge in [0.15, 0.2) is 5.82 Å². The van der Waals surface area contributed by atoms with Crippen molar-refractivity contribution in [1.82, 2.24) is 20.9 Å². The SMILES string of the molecule is CC(C)NCc1noc([C@@H](CCCC2CCCCC2)CC(=O)NO)n1. The predicted molar refractivity (Wildman–Crippen MR) is 94.0 cm³/mol. The molecule has 1 aliphatic carbocycles. The van der Waals surface area contributed by atoms with Crippen molar-refractivity contribution < 1.29 is 14.5 Å². The van der Waals surface area contributed by atoms with Gasteiger partial charge in [-0.05, 0) is 12.3 Å². The molecule has 0 bridgehead atoms. The molecule has 1 aromatic heterocycles. The number of nitrogens with zero attached hydrogens (tertiary/aromatic N) is 2. The summed E-state index contributed by atoms with van der Waals surface area (Å²) in [5.74, 6) is 1.35. The van der Waals surface area contributed by atoms with E-state index in [0.29, 0.717) is 24.3 Å². The Balaban J connectivity index is 1.89. The summed E-state index contributed by atoms with van der Waals surface area (Å²) in [5, 5.41) is 16.1. The van der Waals surface area contributed by atoms with Gasteiger partial charge in [0.1, 0.15) is 0 Å². The highest BCUT2D eigenvalue weighted by Gasteiger charge is 2.23. The van der Waals surface area contributed by atoms with Crippen molar-refractivity contribution >= 4 is 5.91 Å². The molecule has 1 atom stereocenters. The van der Waals surface area contributed by atoms with Gasteiger partial charge in [-0.15, -0.1) is 0 Å². The largest absolute Gasteiger partial charge is 0.339 e. The van der Waals surface area contributed by atoms with Gasteiger partial charge in [-0.25, -0.2) is 5.48 Å². The van der Waals surface area contributed by atoms with E-state index in [1.54, 1.807) is 5.48 Å². The molecule has 1 aromatic rings. The number of rotatable bonds is 10. The molecule has 7 nitrogen and oxygen atoms in total. The zero-order valence-corrected chi connectivity index (χ0v) is 15.5. The highest BCUT2D eigenvalue weighted by Crippen LogP contribution is 2.31. The van der Waals surface area contributed by atoms with Crippen LogP contribution in [-0.2, 0) is 11.3 Å². The molecule has 0 aromatic carbocycles. The first kappa shape index (κ1) is 19.8. The van der Waals surface area contributed by atoms with Crippen LogP contribution in [0.1, 0.15) is 89.3 Å². The lowest BCUT2D eigenvalue weighted by Crippen LogP contribution is -2.23. The van der Waals surface area contributed by atoms with Crippen LogP contribution in [0, 0.1) is 5.92 Å². The Morgan fingerprint density at radius 2 is 2.08 bits per heavy atom.